The second-order valence-corrected chi connectivity index (χ2v) is 3.17. The number of hydrogen-bond acceptors (Lipinski definition) is 2. The summed E-state index contributed by atoms with van der Waals surface area (Å²) in [6.07, 6.45) is -4.59. The summed E-state index contributed by atoms with van der Waals surface area (Å²) < 4.78 is 43.2. The van der Waals surface area contributed by atoms with E-state index < -0.39 is 17.5 Å². The fourth-order valence-corrected chi connectivity index (χ4v) is 1.39. The van der Waals surface area contributed by atoms with Crippen molar-refractivity contribution in [3.05, 3.63) is 29.3 Å². The average Bonchev–Trinajstić information content (AvgIpc) is 2.16. The molecule has 1 aromatic carbocycles. The van der Waals surface area contributed by atoms with Gasteiger partial charge in [0, 0.05) is 5.56 Å². The van der Waals surface area contributed by atoms with Gasteiger partial charge < -0.3 is 4.74 Å². The van der Waals surface area contributed by atoms with Crippen LogP contribution < -0.4 is 4.74 Å². The molecular weight excluding hydrogens is 221 g/mol. The van der Waals surface area contributed by atoms with E-state index in [-0.39, 0.29) is 17.9 Å². The fourth-order valence-electron chi connectivity index (χ4n) is 1.39. The molecule has 0 saturated heterocycles. The van der Waals surface area contributed by atoms with E-state index in [1.165, 1.54) is 12.1 Å². The van der Waals surface area contributed by atoms with Crippen molar-refractivity contribution in [1.29, 1.82) is 0 Å². The molecule has 1 aromatic rings. The summed E-state index contributed by atoms with van der Waals surface area (Å²) >= 11 is 0. The lowest BCUT2D eigenvalue weighted by Crippen LogP contribution is -2.14. The molecule has 0 fully saturated rings. The molecule has 0 atom stereocenters. The first-order chi connectivity index (χ1) is 7.38. The van der Waals surface area contributed by atoms with E-state index in [1.54, 1.807) is 6.92 Å². The number of carbonyl (C=O) groups excluding carboxylic acids is 1. The minimum Gasteiger partial charge on any atom is -0.493 e. The highest BCUT2D eigenvalue weighted by Crippen LogP contribution is 2.38. The van der Waals surface area contributed by atoms with Crippen molar-refractivity contribution in [2.75, 3.05) is 6.61 Å². The number of alkyl halides is 3. The Morgan fingerprint density at radius 2 is 2.00 bits per heavy atom. The number of Topliss-reactive ketones (excluding diaryl/α,β-unsaturated/α-hetero) is 1. The Labute approximate surface area is 91.0 Å². The van der Waals surface area contributed by atoms with Gasteiger partial charge in [-0.25, -0.2) is 0 Å². The number of hydrogen-bond donors (Lipinski definition) is 0. The highest BCUT2D eigenvalue weighted by molar-refractivity contribution is 5.96. The summed E-state index contributed by atoms with van der Waals surface area (Å²) in [6.45, 7) is 2.80. The Morgan fingerprint density at radius 3 is 2.44 bits per heavy atom. The van der Waals surface area contributed by atoms with Crippen LogP contribution >= 0.6 is 0 Å². The largest absolute Gasteiger partial charge is 0.493 e. The lowest BCUT2D eigenvalue weighted by atomic mass is 10.0. The van der Waals surface area contributed by atoms with E-state index in [0.717, 1.165) is 13.0 Å². The van der Waals surface area contributed by atoms with Gasteiger partial charge in [0.1, 0.15) is 11.3 Å². The lowest BCUT2D eigenvalue weighted by Gasteiger charge is -2.15. The third kappa shape index (κ3) is 2.53. The van der Waals surface area contributed by atoms with Crippen LogP contribution in [0.15, 0.2) is 18.2 Å². The monoisotopic (exact) mass is 232 g/mol. The topological polar surface area (TPSA) is 26.3 Å². The van der Waals surface area contributed by atoms with Crippen molar-refractivity contribution < 1.29 is 22.7 Å². The molecule has 2 nitrogen and oxygen atoms in total. The standard InChI is InChI=1S/C11H11F3O2/c1-3-16-9-6-4-5-8(7(2)15)10(9)11(12,13)14/h4-6H,3H2,1-2H3. The Hall–Kier alpha value is -1.52. The van der Waals surface area contributed by atoms with Crippen LogP contribution in [0.3, 0.4) is 0 Å². The molecule has 0 N–H and O–H groups in total. The molecule has 0 aliphatic rings. The smallest absolute Gasteiger partial charge is 0.420 e. The van der Waals surface area contributed by atoms with E-state index in [4.69, 9.17) is 4.74 Å². The fraction of sp³-hybridized carbons (Fsp3) is 0.364. The number of halogens is 3. The first kappa shape index (κ1) is 12.5. The van der Waals surface area contributed by atoms with Crippen LogP contribution in [0.1, 0.15) is 29.8 Å². The van der Waals surface area contributed by atoms with Gasteiger partial charge in [-0.05, 0) is 19.9 Å². The molecule has 16 heavy (non-hydrogen) atoms. The first-order valence-corrected chi connectivity index (χ1v) is 4.71. The van der Waals surface area contributed by atoms with E-state index >= 15 is 0 Å². The van der Waals surface area contributed by atoms with Crippen LogP contribution in [0, 0.1) is 0 Å². The van der Waals surface area contributed by atoms with Gasteiger partial charge in [0.25, 0.3) is 0 Å². The first-order valence-electron chi connectivity index (χ1n) is 4.71. The van der Waals surface area contributed by atoms with Gasteiger partial charge in [0.2, 0.25) is 0 Å². The van der Waals surface area contributed by atoms with Crippen molar-refractivity contribution in [3.63, 3.8) is 0 Å². The lowest BCUT2D eigenvalue weighted by molar-refractivity contribution is -0.139. The van der Waals surface area contributed by atoms with Crippen molar-refractivity contribution in [2.45, 2.75) is 20.0 Å². The number of benzene rings is 1. The van der Waals surface area contributed by atoms with Crippen molar-refractivity contribution in [3.8, 4) is 5.75 Å². The van der Waals surface area contributed by atoms with Gasteiger partial charge in [0.15, 0.2) is 5.78 Å². The molecule has 0 radical (unpaired) electrons. The minimum atomic E-state index is -4.59. The summed E-state index contributed by atoms with van der Waals surface area (Å²) in [5, 5.41) is 0. The number of ether oxygens (including phenoxy) is 1. The molecule has 0 aliphatic heterocycles. The Balaban J connectivity index is 3.41. The van der Waals surface area contributed by atoms with E-state index in [0.29, 0.717) is 0 Å². The third-order valence-corrected chi connectivity index (χ3v) is 1.99. The van der Waals surface area contributed by atoms with Crippen LogP contribution in [0.4, 0.5) is 13.2 Å². The van der Waals surface area contributed by atoms with Crippen LogP contribution in [-0.2, 0) is 6.18 Å². The SMILES string of the molecule is CCOc1cccc(C(C)=O)c1C(F)(F)F. The van der Waals surface area contributed by atoms with Gasteiger partial charge in [-0.15, -0.1) is 0 Å². The van der Waals surface area contributed by atoms with Crippen molar-refractivity contribution in [1.82, 2.24) is 0 Å². The van der Waals surface area contributed by atoms with Crippen molar-refractivity contribution >= 4 is 5.78 Å². The average molecular weight is 232 g/mol. The maximum absolute atomic E-state index is 12.8. The number of ketones is 1. The maximum Gasteiger partial charge on any atom is 0.420 e. The molecule has 0 amide bonds. The van der Waals surface area contributed by atoms with Crippen LogP contribution in [0.2, 0.25) is 0 Å². The van der Waals surface area contributed by atoms with E-state index in [1.807, 2.05) is 0 Å². The van der Waals surface area contributed by atoms with Gasteiger partial charge in [0.05, 0.1) is 6.61 Å². The minimum absolute atomic E-state index is 0.116. The van der Waals surface area contributed by atoms with Gasteiger partial charge >= 0.3 is 6.18 Å². The molecule has 0 heterocycles. The van der Waals surface area contributed by atoms with Gasteiger partial charge in [-0.3, -0.25) is 4.79 Å². The Bertz CT molecular complexity index is 397. The van der Waals surface area contributed by atoms with Crippen molar-refractivity contribution in [2.24, 2.45) is 0 Å². The van der Waals surface area contributed by atoms with E-state index in [2.05, 4.69) is 0 Å². The zero-order valence-corrected chi connectivity index (χ0v) is 8.89. The molecule has 0 saturated carbocycles. The predicted octanol–water partition coefficient (Wildman–Crippen LogP) is 3.31. The quantitative estimate of drug-likeness (QED) is 0.747. The second-order valence-electron chi connectivity index (χ2n) is 3.17. The second kappa shape index (κ2) is 4.55. The molecule has 0 aliphatic carbocycles. The Morgan fingerprint density at radius 1 is 1.38 bits per heavy atom. The molecule has 5 heteroatoms. The molecule has 0 aromatic heterocycles. The van der Waals surface area contributed by atoms with Crippen LogP contribution in [0.5, 0.6) is 5.75 Å². The summed E-state index contributed by atoms with van der Waals surface area (Å²) in [5.74, 6) is -0.934. The van der Waals surface area contributed by atoms with Crippen LogP contribution in [0.25, 0.3) is 0 Å². The van der Waals surface area contributed by atoms with E-state index in [9.17, 15) is 18.0 Å². The molecule has 88 valence electrons. The van der Waals surface area contributed by atoms with Gasteiger partial charge in [-0.1, -0.05) is 12.1 Å². The summed E-state index contributed by atoms with van der Waals surface area (Å²) in [6, 6.07) is 3.73. The van der Waals surface area contributed by atoms with Crippen LogP contribution in [-0.4, -0.2) is 12.4 Å². The zero-order chi connectivity index (χ0) is 12.3. The normalized spacial score (nSPS) is 11.3. The molecule has 0 spiro atoms. The van der Waals surface area contributed by atoms with Gasteiger partial charge in [-0.2, -0.15) is 13.2 Å². The summed E-state index contributed by atoms with van der Waals surface area (Å²) in [5.41, 5.74) is -1.36. The molecule has 1 rings (SSSR count). The third-order valence-electron chi connectivity index (χ3n) is 1.99. The molecule has 0 bridgehead atoms. The zero-order valence-electron chi connectivity index (χ0n) is 8.89. The maximum atomic E-state index is 12.8. The number of rotatable bonds is 3. The molecule has 0 unspecified atom stereocenters. The summed E-state index contributed by atoms with van der Waals surface area (Å²) in [7, 11) is 0. The highest BCUT2D eigenvalue weighted by Gasteiger charge is 2.38. The highest BCUT2D eigenvalue weighted by atomic mass is 19.4. The predicted molar refractivity (Wildman–Crippen MR) is 52.6 cm³/mol. The molecular formula is C11H11F3O2. The summed E-state index contributed by atoms with van der Waals surface area (Å²) in [4.78, 5) is 11.1. The number of carbonyl (C=O) groups is 1. The Kier molecular flexibility index (Phi) is 3.57.